The molecule has 4 aromatic rings. The van der Waals surface area contributed by atoms with Gasteiger partial charge in [0, 0.05) is 29.0 Å². The molecular formula is C23H17ClN4O7S. The average Bonchev–Trinajstić information content (AvgIpc) is 3.28. The molecule has 0 atom stereocenters. The summed E-state index contributed by atoms with van der Waals surface area (Å²) in [5, 5.41) is 19.7. The van der Waals surface area contributed by atoms with Gasteiger partial charge in [0.15, 0.2) is 5.69 Å². The Labute approximate surface area is 212 Å². The lowest BCUT2D eigenvalue weighted by Crippen LogP contribution is -2.25. The highest BCUT2D eigenvalue weighted by Gasteiger charge is 2.24. The second-order valence-corrected chi connectivity index (χ2v) is 8.50. The Balaban J connectivity index is 1.88. The number of rotatable bonds is 7. The molecule has 0 bridgehead atoms. The molecular weight excluding hydrogens is 512 g/mol. The van der Waals surface area contributed by atoms with Gasteiger partial charge in [-0.2, -0.15) is 9.78 Å². The molecule has 0 aliphatic carbocycles. The Morgan fingerprint density at radius 1 is 1.25 bits per heavy atom. The zero-order valence-electron chi connectivity index (χ0n) is 18.8. The molecule has 2 aromatic carbocycles. The van der Waals surface area contributed by atoms with Gasteiger partial charge in [-0.15, -0.1) is 11.3 Å². The zero-order valence-corrected chi connectivity index (χ0v) is 20.4. The third kappa shape index (κ3) is 4.63. The van der Waals surface area contributed by atoms with Crippen molar-refractivity contribution in [1.29, 1.82) is 0 Å². The number of ether oxygens (including phenoxy) is 2. The Kier molecular flexibility index (Phi) is 6.99. The summed E-state index contributed by atoms with van der Waals surface area (Å²) in [5.41, 5.74) is -0.903. The molecule has 36 heavy (non-hydrogen) atoms. The van der Waals surface area contributed by atoms with E-state index in [4.69, 9.17) is 21.1 Å². The fourth-order valence-electron chi connectivity index (χ4n) is 3.38. The third-order valence-electron chi connectivity index (χ3n) is 5.05. The van der Waals surface area contributed by atoms with E-state index >= 15 is 0 Å². The minimum Gasteiger partial charge on any atom is -0.497 e. The number of fused-ring (bicyclic) bond motifs is 1. The summed E-state index contributed by atoms with van der Waals surface area (Å²) in [4.78, 5) is 49.7. The van der Waals surface area contributed by atoms with Crippen molar-refractivity contribution < 1.29 is 24.0 Å². The van der Waals surface area contributed by atoms with Crippen molar-refractivity contribution in [3.05, 3.63) is 84.6 Å². The van der Waals surface area contributed by atoms with E-state index in [1.54, 1.807) is 31.2 Å². The van der Waals surface area contributed by atoms with Crippen molar-refractivity contribution in [2.45, 2.75) is 6.92 Å². The van der Waals surface area contributed by atoms with Gasteiger partial charge < -0.3 is 14.8 Å². The maximum atomic E-state index is 13.5. The quantitative estimate of drug-likeness (QED) is 0.210. The number of carbonyl (C=O) groups is 2. The monoisotopic (exact) mass is 528 g/mol. The van der Waals surface area contributed by atoms with Gasteiger partial charge in [-0.25, -0.2) is 4.79 Å². The number of nitro groups is 1. The number of hydrogen-bond donors (Lipinski definition) is 1. The van der Waals surface area contributed by atoms with E-state index in [1.165, 1.54) is 24.6 Å². The van der Waals surface area contributed by atoms with Gasteiger partial charge in [0.2, 0.25) is 0 Å². The largest absolute Gasteiger partial charge is 0.497 e. The lowest BCUT2D eigenvalue weighted by Gasteiger charge is -2.11. The predicted molar refractivity (Wildman–Crippen MR) is 134 cm³/mol. The molecule has 4 rings (SSSR count). The summed E-state index contributed by atoms with van der Waals surface area (Å²) >= 11 is 7.07. The van der Waals surface area contributed by atoms with Gasteiger partial charge in [-0.1, -0.05) is 17.7 Å². The number of nitro benzene ring substituents is 1. The van der Waals surface area contributed by atoms with Crippen molar-refractivity contribution in [3.63, 3.8) is 0 Å². The second-order valence-electron chi connectivity index (χ2n) is 7.22. The molecule has 1 N–H and O–H groups in total. The van der Waals surface area contributed by atoms with Crippen LogP contribution >= 0.6 is 22.9 Å². The van der Waals surface area contributed by atoms with Gasteiger partial charge in [0.25, 0.3) is 17.2 Å². The fraction of sp³-hybridized carbons (Fsp3) is 0.130. The number of anilines is 1. The molecule has 2 heterocycles. The van der Waals surface area contributed by atoms with Crippen molar-refractivity contribution in [1.82, 2.24) is 9.78 Å². The molecule has 0 fully saturated rings. The Morgan fingerprint density at radius 2 is 2.03 bits per heavy atom. The van der Waals surface area contributed by atoms with Crippen molar-refractivity contribution in [2.24, 2.45) is 0 Å². The molecule has 13 heteroatoms. The van der Waals surface area contributed by atoms with Crippen molar-refractivity contribution in [2.75, 3.05) is 19.0 Å². The minimum atomic E-state index is -0.769. The number of hydrogen-bond acceptors (Lipinski definition) is 9. The van der Waals surface area contributed by atoms with Crippen LogP contribution in [0.25, 0.3) is 16.5 Å². The molecule has 2 aromatic heterocycles. The first-order chi connectivity index (χ1) is 17.2. The van der Waals surface area contributed by atoms with Gasteiger partial charge in [-0.3, -0.25) is 19.7 Å². The average molecular weight is 529 g/mol. The number of aromatic nitrogens is 2. The van der Waals surface area contributed by atoms with E-state index in [1.807, 2.05) is 0 Å². The molecule has 0 radical (unpaired) electrons. The van der Waals surface area contributed by atoms with Gasteiger partial charge in [-0.05, 0) is 25.1 Å². The molecule has 11 nitrogen and oxygen atoms in total. The Morgan fingerprint density at radius 3 is 2.72 bits per heavy atom. The predicted octanol–water partition coefficient (Wildman–Crippen LogP) is 4.45. The highest BCUT2D eigenvalue weighted by atomic mass is 35.5. The normalized spacial score (nSPS) is 10.8. The van der Waals surface area contributed by atoms with E-state index in [-0.39, 0.29) is 44.3 Å². The van der Waals surface area contributed by atoms with Crippen LogP contribution in [0.1, 0.15) is 27.8 Å². The van der Waals surface area contributed by atoms with Gasteiger partial charge in [0.05, 0.1) is 40.3 Å². The molecule has 0 aliphatic heterocycles. The van der Waals surface area contributed by atoms with E-state index in [2.05, 4.69) is 10.4 Å². The van der Waals surface area contributed by atoms with E-state index < -0.39 is 22.4 Å². The Hall–Kier alpha value is -4.29. The van der Waals surface area contributed by atoms with E-state index in [9.17, 15) is 24.5 Å². The zero-order chi connectivity index (χ0) is 26.0. The minimum absolute atomic E-state index is 0.00998. The van der Waals surface area contributed by atoms with Gasteiger partial charge >= 0.3 is 5.97 Å². The number of esters is 1. The molecule has 0 aliphatic rings. The van der Waals surface area contributed by atoms with Crippen LogP contribution in [0.3, 0.4) is 0 Å². The van der Waals surface area contributed by atoms with Crippen LogP contribution in [-0.2, 0) is 4.74 Å². The molecule has 0 unspecified atom stereocenters. The number of methoxy groups -OCH3 is 1. The lowest BCUT2D eigenvalue weighted by molar-refractivity contribution is -0.384. The van der Waals surface area contributed by atoms with Crippen LogP contribution in [0.2, 0.25) is 5.02 Å². The number of nitrogens with zero attached hydrogens (tertiary/aromatic N) is 3. The highest BCUT2D eigenvalue weighted by molar-refractivity contribution is 7.16. The van der Waals surface area contributed by atoms with Crippen LogP contribution < -0.4 is 15.6 Å². The molecule has 0 spiro atoms. The van der Waals surface area contributed by atoms with E-state index in [0.717, 1.165) is 22.1 Å². The number of non-ortho nitro benzene ring substituents is 1. The molecule has 184 valence electrons. The highest BCUT2D eigenvalue weighted by Crippen LogP contribution is 2.32. The van der Waals surface area contributed by atoms with Crippen LogP contribution in [0.5, 0.6) is 5.75 Å². The van der Waals surface area contributed by atoms with Crippen LogP contribution in [-0.4, -0.2) is 40.3 Å². The lowest BCUT2D eigenvalue weighted by atomic mass is 10.1. The number of thiophene rings is 1. The number of carbonyl (C=O) groups excluding carboxylic acids is 2. The van der Waals surface area contributed by atoms with Crippen molar-refractivity contribution >= 4 is 56.3 Å². The fourth-order valence-corrected chi connectivity index (χ4v) is 4.52. The smallest absolute Gasteiger partial charge is 0.359 e. The summed E-state index contributed by atoms with van der Waals surface area (Å²) in [5.74, 6) is -1.07. The molecule has 0 saturated heterocycles. The second kappa shape index (κ2) is 10.1. The number of halogens is 1. The number of nitrogens with one attached hydrogen (secondary N) is 1. The summed E-state index contributed by atoms with van der Waals surface area (Å²) in [6, 6.07) is 9.93. The van der Waals surface area contributed by atoms with Crippen LogP contribution in [0.15, 0.2) is 52.6 Å². The maximum Gasteiger partial charge on any atom is 0.359 e. The summed E-state index contributed by atoms with van der Waals surface area (Å²) in [6.45, 7) is 1.72. The van der Waals surface area contributed by atoms with E-state index in [0.29, 0.717) is 11.4 Å². The van der Waals surface area contributed by atoms with Crippen molar-refractivity contribution in [3.8, 4) is 11.4 Å². The summed E-state index contributed by atoms with van der Waals surface area (Å²) in [7, 11) is 1.47. The SMILES string of the molecule is CCOC(=O)c1nn(-c2cccc(OC)c2)c(=O)c2c(NC(=O)c3cc([N+](=O)[O-])ccc3Cl)scc12. The Bertz CT molecular complexity index is 1580. The topological polar surface area (TPSA) is 143 Å². The van der Waals surface area contributed by atoms with Crippen LogP contribution in [0.4, 0.5) is 10.7 Å². The maximum absolute atomic E-state index is 13.5. The third-order valence-corrected chi connectivity index (χ3v) is 6.28. The number of amides is 1. The standard InChI is InChI=1S/C23H17ClN4O7S/c1-3-35-23(31)19-16-11-36-21(25-20(29)15-10-13(28(32)33)7-8-17(15)24)18(16)22(30)27(26-19)12-5-4-6-14(9-12)34-2/h4-11H,3H2,1-2H3,(H,25,29). The number of benzene rings is 2. The summed E-state index contributed by atoms with van der Waals surface area (Å²) in [6.07, 6.45) is 0. The first kappa shape index (κ1) is 24.8. The first-order valence-corrected chi connectivity index (χ1v) is 11.6. The summed E-state index contributed by atoms with van der Waals surface area (Å²) < 4.78 is 11.3. The first-order valence-electron chi connectivity index (χ1n) is 10.4. The molecule has 1 amide bonds. The molecule has 0 saturated carbocycles. The van der Waals surface area contributed by atoms with Gasteiger partial charge in [0.1, 0.15) is 10.8 Å². The van der Waals surface area contributed by atoms with Crippen LogP contribution in [0, 0.1) is 10.1 Å².